The summed E-state index contributed by atoms with van der Waals surface area (Å²) in [4.78, 5) is 26.8. The normalized spacial score (nSPS) is 17.9. The molecule has 1 heterocycles. The van der Waals surface area contributed by atoms with Crippen LogP contribution in [-0.4, -0.2) is 18.4 Å². The molecule has 1 aliphatic rings. The molecular weight excluding hydrogens is 367 g/mol. The number of nitrogens with zero attached hydrogens (tertiary/aromatic N) is 1. The van der Waals surface area contributed by atoms with Crippen molar-refractivity contribution in [3.8, 4) is 0 Å². The van der Waals surface area contributed by atoms with Crippen LogP contribution < -0.4 is 10.2 Å². The standard InChI is InChI=1S/C21H22ClFN2O2/c1-3-13(2)16-6-4-5-7-19(16)25-12-14(10-20(25)26)21(27)24-18-9-8-15(22)11-17(18)23/h4-9,11,13-14H,3,10,12H2,1-2H3,(H,24,27)/t13-,14-/m1/s1. The number of halogens is 2. The molecule has 1 fully saturated rings. The second-order valence-electron chi connectivity index (χ2n) is 6.89. The van der Waals surface area contributed by atoms with Gasteiger partial charge in [0.05, 0.1) is 11.6 Å². The molecule has 1 N–H and O–H groups in total. The molecule has 0 bridgehead atoms. The third-order valence-corrected chi connectivity index (χ3v) is 5.29. The fourth-order valence-electron chi connectivity index (χ4n) is 3.31. The lowest BCUT2D eigenvalue weighted by Crippen LogP contribution is -2.29. The summed E-state index contributed by atoms with van der Waals surface area (Å²) in [5, 5.41) is 2.83. The predicted molar refractivity (Wildman–Crippen MR) is 106 cm³/mol. The molecule has 0 aliphatic carbocycles. The highest BCUT2D eigenvalue weighted by Crippen LogP contribution is 2.34. The molecule has 0 spiro atoms. The summed E-state index contributed by atoms with van der Waals surface area (Å²) in [6.07, 6.45) is 1.06. The molecular formula is C21H22ClFN2O2. The SMILES string of the molecule is CC[C@@H](C)c1ccccc1N1C[C@H](C(=O)Nc2ccc(Cl)cc2F)CC1=O. The Kier molecular flexibility index (Phi) is 5.80. The quantitative estimate of drug-likeness (QED) is 0.784. The van der Waals surface area contributed by atoms with Crippen molar-refractivity contribution in [3.05, 3.63) is 58.9 Å². The van der Waals surface area contributed by atoms with Crippen LogP contribution in [0.15, 0.2) is 42.5 Å². The number of hydrogen-bond donors (Lipinski definition) is 1. The molecule has 142 valence electrons. The van der Waals surface area contributed by atoms with Gasteiger partial charge >= 0.3 is 0 Å². The van der Waals surface area contributed by atoms with Crippen LogP contribution in [0.5, 0.6) is 0 Å². The first-order valence-electron chi connectivity index (χ1n) is 9.06. The van der Waals surface area contributed by atoms with Crippen LogP contribution in [0.1, 0.15) is 38.2 Å². The second kappa shape index (κ2) is 8.09. The van der Waals surface area contributed by atoms with Crippen LogP contribution in [0, 0.1) is 11.7 Å². The summed E-state index contributed by atoms with van der Waals surface area (Å²) in [7, 11) is 0. The Balaban J connectivity index is 1.77. The fourth-order valence-corrected chi connectivity index (χ4v) is 3.47. The highest BCUT2D eigenvalue weighted by molar-refractivity contribution is 6.30. The number of anilines is 2. The van der Waals surface area contributed by atoms with E-state index in [1.54, 1.807) is 4.90 Å². The van der Waals surface area contributed by atoms with Crippen molar-refractivity contribution in [1.82, 2.24) is 0 Å². The number of hydrogen-bond acceptors (Lipinski definition) is 2. The first kappa shape index (κ1) is 19.4. The molecule has 1 aliphatic heterocycles. The van der Waals surface area contributed by atoms with Crippen LogP contribution in [0.4, 0.5) is 15.8 Å². The first-order chi connectivity index (χ1) is 12.9. The van der Waals surface area contributed by atoms with E-state index in [2.05, 4.69) is 19.2 Å². The van der Waals surface area contributed by atoms with E-state index < -0.39 is 11.7 Å². The Morgan fingerprint density at radius 1 is 1.33 bits per heavy atom. The van der Waals surface area contributed by atoms with Gasteiger partial charge in [-0.05, 0) is 42.2 Å². The maximum Gasteiger partial charge on any atom is 0.229 e. The smallest absolute Gasteiger partial charge is 0.229 e. The lowest BCUT2D eigenvalue weighted by atomic mass is 9.96. The van der Waals surface area contributed by atoms with Crippen LogP contribution >= 0.6 is 11.6 Å². The van der Waals surface area contributed by atoms with Gasteiger partial charge in [-0.15, -0.1) is 0 Å². The topological polar surface area (TPSA) is 49.4 Å². The van der Waals surface area contributed by atoms with E-state index in [-0.39, 0.29) is 35.5 Å². The molecule has 0 aromatic heterocycles. The van der Waals surface area contributed by atoms with Crippen molar-refractivity contribution < 1.29 is 14.0 Å². The Bertz CT molecular complexity index is 871. The molecule has 1 saturated heterocycles. The van der Waals surface area contributed by atoms with E-state index in [0.717, 1.165) is 23.7 Å². The molecule has 0 unspecified atom stereocenters. The van der Waals surface area contributed by atoms with Crippen LogP contribution in [0.3, 0.4) is 0 Å². The van der Waals surface area contributed by atoms with Gasteiger partial charge in [0, 0.05) is 23.7 Å². The number of carbonyl (C=O) groups excluding carboxylic acids is 2. The molecule has 2 aromatic carbocycles. The molecule has 2 amide bonds. The largest absolute Gasteiger partial charge is 0.323 e. The van der Waals surface area contributed by atoms with Crippen molar-refractivity contribution in [2.75, 3.05) is 16.8 Å². The molecule has 3 rings (SSSR count). The zero-order valence-electron chi connectivity index (χ0n) is 15.3. The highest BCUT2D eigenvalue weighted by Gasteiger charge is 2.36. The van der Waals surface area contributed by atoms with Gasteiger partial charge in [-0.25, -0.2) is 4.39 Å². The molecule has 0 radical (unpaired) electrons. The summed E-state index contributed by atoms with van der Waals surface area (Å²) in [6, 6.07) is 11.9. The van der Waals surface area contributed by atoms with E-state index >= 15 is 0 Å². The van der Waals surface area contributed by atoms with E-state index in [4.69, 9.17) is 11.6 Å². The Morgan fingerprint density at radius 2 is 2.07 bits per heavy atom. The molecule has 2 aromatic rings. The third-order valence-electron chi connectivity index (χ3n) is 5.06. The van der Waals surface area contributed by atoms with Gasteiger partial charge in [-0.3, -0.25) is 9.59 Å². The van der Waals surface area contributed by atoms with E-state index in [1.165, 1.54) is 12.1 Å². The Morgan fingerprint density at radius 3 is 2.78 bits per heavy atom. The van der Waals surface area contributed by atoms with E-state index in [9.17, 15) is 14.0 Å². The Hall–Kier alpha value is -2.40. The molecule has 4 nitrogen and oxygen atoms in total. The number of para-hydroxylation sites is 1. The van der Waals surface area contributed by atoms with Gasteiger partial charge < -0.3 is 10.2 Å². The summed E-state index contributed by atoms with van der Waals surface area (Å²) in [6.45, 7) is 4.50. The third kappa shape index (κ3) is 4.14. The summed E-state index contributed by atoms with van der Waals surface area (Å²) in [5.74, 6) is -1.28. The monoisotopic (exact) mass is 388 g/mol. The van der Waals surface area contributed by atoms with Gasteiger partial charge in [-0.2, -0.15) is 0 Å². The average molecular weight is 389 g/mol. The van der Waals surface area contributed by atoms with Gasteiger partial charge in [0.1, 0.15) is 5.82 Å². The van der Waals surface area contributed by atoms with Crippen molar-refractivity contribution >= 4 is 34.8 Å². The van der Waals surface area contributed by atoms with Crippen molar-refractivity contribution in [3.63, 3.8) is 0 Å². The number of rotatable bonds is 5. The Labute approximate surface area is 163 Å². The lowest BCUT2D eigenvalue weighted by molar-refractivity contribution is -0.122. The minimum Gasteiger partial charge on any atom is -0.323 e. The molecule has 2 atom stereocenters. The summed E-state index contributed by atoms with van der Waals surface area (Å²) < 4.78 is 13.9. The summed E-state index contributed by atoms with van der Waals surface area (Å²) in [5.41, 5.74) is 2.01. The number of benzene rings is 2. The van der Waals surface area contributed by atoms with Crippen molar-refractivity contribution in [2.24, 2.45) is 5.92 Å². The molecule has 0 saturated carbocycles. The second-order valence-corrected chi connectivity index (χ2v) is 7.32. The average Bonchev–Trinajstić information content (AvgIpc) is 3.05. The van der Waals surface area contributed by atoms with Crippen LogP contribution in [0.25, 0.3) is 0 Å². The number of carbonyl (C=O) groups is 2. The van der Waals surface area contributed by atoms with Crippen LogP contribution in [0.2, 0.25) is 5.02 Å². The minimum atomic E-state index is -0.598. The maximum atomic E-state index is 13.9. The highest BCUT2D eigenvalue weighted by atomic mass is 35.5. The van der Waals surface area contributed by atoms with Crippen molar-refractivity contribution in [1.29, 1.82) is 0 Å². The zero-order valence-corrected chi connectivity index (χ0v) is 16.1. The predicted octanol–water partition coefficient (Wildman–Crippen LogP) is 4.98. The number of amides is 2. The number of nitrogens with one attached hydrogen (secondary N) is 1. The van der Waals surface area contributed by atoms with Gasteiger partial charge in [-0.1, -0.05) is 43.6 Å². The van der Waals surface area contributed by atoms with Crippen molar-refractivity contribution in [2.45, 2.75) is 32.6 Å². The molecule has 6 heteroatoms. The van der Waals surface area contributed by atoms with E-state index in [1.807, 2.05) is 24.3 Å². The van der Waals surface area contributed by atoms with Crippen LogP contribution in [-0.2, 0) is 9.59 Å². The summed E-state index contributed by atoms with van der Waals surface area (Å²) >= 11 is 5.73. The van der Waals surface area contributed by atoms with Gasteiger partial charge in [0.25, 0.3) is 0 Å². The fraction of sp³-hybridized carbons (Fsp3) is 0.333. The zero-order chi connectivity index (χ0) is 19.6. The first-order valence-corrected chi connectivity index (χ1v) is 9.43. The lowest BCUT2D eigenvalue weighted by Gasteiger charge is -2.23. The molecule has 27 heavy (non-hydrogen) atoms. The maximum absolute atomic E-state index is 13.9. The van der Waals surface area contributed by atoms with E-state index in [0.29, 0.717) is 5.92 Å². The minimum absolute atomic E-state index is 0.0651. The van der Waals surface area contributed by atoms with Gasteiger partial charge in [0.15, 0.2) is 0 Å². The van der Waals surface area contributed by atoms with Gasteiger partial charge in [0.2, 0.25) is 11.8 Å².